The third kappa shape index (κ3) is 5.76. The average molecular weight is 395 g/mol. The van der Waals surface area contributed by atoms with E-state index in [1.165, 1.54) is 0 Å². The number of aliphatic imine (C=N–C) groups is 1. The number of amides is 1. The first-order chi connectivity index (χ1) is 12.9. The van der Waals surface area contributed by atoms with Crippen molar-refractivity contribution in [3.05, 3.63) is 29.3 Å². The van der Waals surface area contributed by atoms with Crippen LogP contribution in [0.15, 0.2) is 29.3 Å². The molecule has 1 atom stereocenters. The highest BCUT2D eigenvalue weighted by molar-refractivity contribution is 6.32. The van der Waals surface area contributed by atoms with Gasteiger partial charge in [-0.3, -0.25) is 9.79 Å². The van der Waals surface area contributed by atoms with E-state index in [1.54, 1.807) is 18.0 Å². The predicted molar refractivity (Wildman–Crippen MR) is 111 cm³/mol. The smallest absolute Gasteiger partial charge is 0.230 e. The van der Waals surface area contributed by atoms with E-state index in [0.717, 1.165) is 25.7 Å². The number of rotatable bonds is 7. The SMILES string of the molecule is CN=C(NCC(C)Oc1ccccc1Cl)NCC1(C(=O)N(C)C)CCCC1. The summed E-state index contributed by atoms with van der Waals surface area (Å²) < 4.78 is 5.87. The van der Waals surface area contributed by atoms with E-state index in [1.807, 2.05) is 39.2 Å². The molecular weight excluding hydrogens is 364 g/mol. The van der Waals surface area contributed by atoms with Crippen LogP contribution in [0.3, 0.4) is 0 Å². The lowest BCUT2D eigenvalue weighted by Crippen LogP contribution is -2.50. The first-order valence-corrected chi connectivity index (χ1v) is 9.83. The summed E-state index contributed by atoms with van der Waals surface area (Å²) in [6.45, 7) is 3.13. The Morgan fingerprint density at radius 1 is 1.30 bits per heavy atom. The van der Waals surface area contributed by atoms with Crippen LogP contribution in [0, 0.1) is 5.41 Å². The lowest BCUT2D eigenvalue weighted by Gasteiger charge is -2.31. The van der Waals surface area contributed by atoms with Gasteiger partial charge in [-0.05, 0) is 31.9 Å². The maximum atomic E-state index is 12.7. The number of benzene rings is 1. The zero-order chi connectivity index (χ0) is 19.9. The number of carbonyl (C=O) groups excluding carboxylic acids is 1. The summed E-state index contributed by atoms with van der Waals surface area (Å²) in [5.74, 6) is 1.53. The summed E-state index contributed by atoms with van der Waals surface area (Å²) in [5, 5.41) is 7.19. The fraction of sp³-hybridized carbons (Fsp3) is 0.600. The van der Waals surface area contributed by atoms with Gasteiger partial charge in [-0.25, -0.2) is 0 Å². The number of para-hydroxylation sites is 1. The molecule has 0 saturated heterocycles. The molecule has 0 aromatic heterocycles. The molecule has 6 nitrogen and oxygen atoms in total. The second kappa shape index (κ2) is 9.83. The van der Waals surface area contributed by atoms with Gasteiger partial charge in [0.25, 0.3) is 0 Å². The minimum Gasteiger partial charge on any atom is -0.487 e. The molecule has 0 radical (unpaired) electrons. The first kappa shape index (κ1) is 21.4. The van der Waals surface area contributed by atoms with E-state index in [2.05, 4.69) is 15.6 Å². The number of halogens is 1. The Hall–Kier alpha value is -1.95. The van der Waals surface area contributed by atoms with Crippen LogP contribution in [0.2, 0.25) is 5.02 Å². The average Bonchev–Trinajstić information content (AvgIpc) is 3.13. The number of guanidine groups is 1. The van der Waals surface area contributed by atoms with Crippen molar-refractivity contribution in [2.45, 2.75) is 38.7 Å². The minimum atomic E-state index is -0.333. The van der Waals surface area contributed by atoms with Gasteiger partial charge < -0.3 is 20.3 Å². The largest absolute Gasteiger partial charge is 0.487 e. The second-order valence-corrected chi connectivity index (χ2v) is 7.76. The Morgan fingerprint density at radius 2 is 1.96 bits per heavy atom. The van der Waals surface area contributed by atoms with Gasteiger partial charge in [0.05, 0.1) is 17.0 Å². The van der Waals surface area contributed by atoms with Crippen LogP contribution >= 0.6 is 11.6 Å². The normalized spacial score (nSPS) is 17.3. The molecule has 1 amide bonds. The molecule has 0 bridgehead atoms. The Balaban J connectivity index is 1.86. The first-order valence-electron chi connectivity index (χ1n) is 9.45. The Morgan fingerprint density at radius 3 is 2.56 bits per heavy atom. The molecule has 150 valence electrons. The highest BCUT2D eigenvalue weighted by atomic mass is 35.5. The van der Waals surface area contributed by atoms with Crippen molar-refractivity contribution in [3.63, 3.8) is 0 Å². The minimum absolute atomic E-state index is 0.0905. The lowest BCUT2D eigenvalue weighted by molar-refractivity contribution is -0.138. The number of hydrogen-bond acceptors (Lipinski definition) is 3. The highest BCUT2D eigenvalue weighted by Gasteiger charge is 2.42. The van der Waals surface area contributed by atoms with E-state index < -0.39 is 0 Å². The molecule has 2 rings (SSSR count). The number of ether oxygens (including phenoxy) is 1. The van der Waals surface area contributed by atoms with Gasteiger partial charge >= 0.3 is 0 Å². The number of nitrogens with zero attached hydrogens (tertiary/aromatic N) is 2. The fourth-order valence-corrected chi connectivity index (χ4v) is 3.69. The van der Waals surface area contributed by atoms with Crippen LogP contribution in [0.25, 0.3) is 0 Å². The summed E-state index contributed by atoms with van der Waals surface area (Å²) in [4.78, 5) is 18.6. The van der Waals surface area contributed by atoms with Gasteiger partial charge in [0.1, 0.15) is 11.9 Å². The molecule has 1 unspecified atom stereocenters. The molecule has 1 fully saturated rings. The van der Waals surface area contributed by atoms with Crippen molar-refractivity contribution in [1.82, 2.24) is 15.5 Å². The van der Waals surface area contributed by atoms with Crippen molar-refractivity contribution in [1.29, 1.82) is 0 Å². The Labute approximate surface area is 167 Å². The maximum Gasteiger partial charge on any atom is 0.230 e. The summed E-state index contributed by atoms with van der Waals surface area (Å²) in [6.07, 6.45) is 3.93. The monoisotopic (exact) mass is 394 g/mol. The molecule has 1 aliphatic rings. The molecule has 0 spiro atoms. The topological polar surface area (TPSA) is 66.0 Å². The highest BCUT2D eigenvalue weighted by Crippen LogP contribution is 2.38. The van der Waals surface area contributed by atoms with Crippen molar-refractivity contribution < 1.29 is 9.53 Å². The lowest BCUT2D eigenvalue weighted by atomic mass is 9.84. The van der Waals surface area contributed by atoms with Gasteiger partial charge in [-0.15, -0.1) is 0 Å². The maximum absolute atomic E-state index is 12.7. The van der Waals surface area contributed by atoms with Gasteiger partial charge in [0.15, 0.2) is 5.96 Å². The molecule has 0 aliphatic heterocycles. The Bertz CT molecular complexity index is 657. The van der Waals surface area contributed by atoms with Crippen molar-refractivity contribution in [2.75, 3.05) is 34.2 Å². The summed E-state index contributed by atoms with van der Waals surface area (Å²) in [7, 11) is 5.37. The van der Waals surface area contributed by atoms with E-state index in [-0.39, 0.29) is 17.4 Å². The number of carbonyl (C=O) groups is 1. The number of hydrogen-bond donors (Lipinski definition) is 2. The molecule has 7 heteroatoms. The Kier molecular flexibility index (Phi) is 7.78. The van der Waals surface area contributed by atoms with Gasteiger partial charge in [0.2, 0.25) is 5.91 Å². The van der Waals surface area contributed by atoms with E-state index in [0.29, 0.717) is 29.8 Å². The fourth-order valence-electron chi connectivity index (χ4n) is 3.51. The zero-order valence-corrected chi connectivity index (χ0v) is 17.5. The van der Waals surface area contributed by atoms with Crippen LogP contribution in [0.4, 0.5) is 0 Å². The van der Waals surface area contributed by atoms with Crippen LogP contribution in [-0.4, -0.2) is 57.1 Å². The van der Waals surface area contributed by atoms with Gasteiger partial charge in [-0.2, -0.15) is 0 Å². The molecule has 27 heavy (non-hydrogen) atoms. The standard InChI is InChI=1S/C20H31ClN4O2/c1-15(27-17-10-6-5-9-16(17)21)13-23-19(22-2)24-14-20(11-7-8-12-20)18(26)25(3)4/h5-6,9-10,15H,7-8,11-14H2,1-4H3,(H2,22,23,24). The van der Waals surface area contributed by atoms with Crippen LogP contribution in [-0.2, 0) is 4.79 Å². The summed E-state index contributed by atoms with van der Waals surface area (Å²) in [5.41, 5.74) is -0.333. The molecule has 1 saturated carbocycles. The quantitative estimate of drug-likeness (QED) is 0.551. The van der Waals surface area contributed by atoms with Crippen LogP contribution in [0.1, 0.15) is 32.6 Å². The third-order valence-corrected chi connectivity index (χ3v) is 5.27. The van der Waals surface area contributed by atoms with Crippen LogP contribution in [0.5, 0.6) is 5.75 Å². The van der Waals surface area contributed by atoms with E-state index >= 15 is 0 Å². The molecule has 2 N–H and O–H groups in total. The molecular formula is C20H31ClN4O2. The molecule has 0 heterocycles. The van der Waals surface area contributed by atoms with Crippen molar-refractivity contribution in [3.8, 4) is 5.75 Å². The van der Waals surface area contributed by atoms with E-state index in [9.17, 15) is 4.79 Å². The summed E-state index contributed by atoms with van der Waals surface area (Å²) >= 11 is 6.13. The molecule has 1 aliphatic carbocycles. The van der Waals surface area contributed by atoms with Crippen molar-refractivity contribution >= 4 is 23.5 Å². The van der Waals surface area contributed by atoms with E-state index in [4.69, 9.17) is 16.3 Å². The predicted octanol–water partition coefficient (Wildman–Crippen LogP) is 2.92. The van der Waals surface area contributed by atoms with Crippen LogP contribution < -0.4 is 15.4 Å². The number of nitrogens with one attached hydrogen (secondary N) is 2. The summed E-state index contributed by atoms with van der Waals surface area (Å²) in [6, 6.07) is 7.42. The third-order valence-electron chi connectivity index (χ3n) is 4.96. The van der Waals surface area contributed by atoms with Crippen molar-refractivity contribution in [2.24, 2.45) is 10.4 Å². The molecule has 1 aromatic carbocycles. The second-order valence-electron chi connectivity index (χ2n) is 7.35. The molecule has 1 aromatic rings. The van der Waals surface area contributed by atoms with Gasteiger partial charge in [-0.1, -0.05) is 36.6 Å². The van der Waals surface area contributed by atoms with Gasteiger partial charge in [0, 0.05) is 27.7 Å². The zero-order valence-electron chi connectivity index (χ0n) is 16.7.